The van der Waals surface area contributed by atoms with Crippen LogP contribution in [0.5, 0.6) is 0 Å². The van der Waals surface area contributed by atoms with E-state index in [4.69, 9.17) is 0 Å². The van der Waals surface area contributed by atoms with E-state index in [2.05, 4.69) is 5.32 Å². The lowest BCUT2D eigenvalue weighted by molar-refractivity contribution is 0.257. The lowest BCUT2D eigenvalue weighted by atomic mass is 10.3. The third-order valence-corrected chi connectivity index (χ3v) is 5.96. The number of nitrogens with zero attached hydrogens (tertiary/aromatic N) is 3. The molecule has 0 aromatic carbocycles. The van der Waals surface area contributed by atoms with Crippen molar-refractivity contribution in [2.45, 2.75) is 45.2 Å². The largest absolute Gasteiger partial charge is 0.314 e. The van der Waals surface area contributed by atoms with Gasteiger partial charge in [0.15, 0.2) is 0 Å². The van der Waals surface area contributed by atoms with E-state index in [1.807, 2.05) is 32.8 Å². The van der Waals surface area contributed by atoms with E-state index in [0.717, 1.165) is 19.5 Å². The summed E-state index contributed by atoms with van der Waals surface area (Å²) in [7, 11) is 2.23. The van der Waals surface area contributed by atoms with E-state index in [9.17, 15) is 8.42 Å². The Balaban J connectivity index is 2.49. The average molecular weight is 321 g/mol. The predicted octanol–water partition coefficient (Wildman–Crippen LogP) is 0.577. The Morgan fingerprint density at radius 3 is 2.33 bits per heavy atom. The molecule has 0 heterocycles. The zero-order chi connectivity index (χ0) is 16.0. The summed E-state index contributed by atoms with van der Waals surface area (Å²) >= 11 is 0. The Labute approximate surface area is 130 Å². The molecule has 1 saturated carbocycles. The highest BCUT2D eigenvalue weighted by Gasteiger charge is 2.29. The van der Waals surface area contributed by atoms with E-state index < -0.39 is 10.2 Å². The molecule has 1 aliphatic carbocycles. The summed E-state index contributed by atoms with van der Waals surface area (Å²) in [5.74, 6) is 0. The van der Waals surface area contributed by atoms with Crippen molar-refractivity contribution in [3.8, 4) is 0 Å². The van der Waals surface area contributed by atoms with Gasteiger partial charge in [-0.25, -0.2) is 0 Å². The van der Waals surface area contributed by atoms with Gasteiger partial charge in [0, 0.05) is 38.8 Å². The van der Waals surface area contributed by atoms with Gasteiger partial charge in [-0.3, -0.25) is 0 Å². The summed E-state index contributed by atoms with van der Waals surface area (Å²) in [4.78, 5) is 2.02. The van der Waals surface area contributed by atoms with Gasteiger partial charge in [0.25, 0.3) is 10.2 Å². The molecule has 1 atom stereocenters. The first kappa shape index (κ1) is 18.8. The lowest BCUT2D eigenvalue weighted by Gasteiger charge is -2.32. The van der Waals surface area contributed by atoms with Crippen molar-refractivity contribution in [2.75, 3.05) is 47.3 Å². The van der Waals surface area contributed by atoms with Crippen LogP contribution in [0.15, 0.2) is 0 Å². The number of rotatable bonds is 11. The normalized spacial score (nSPS) is 17.9. The average Bonchev–Trinajstić information content (AvgIpc) is 3.17. The summed E-state index contributed by atoms with van der Waals surface area (Å²) in [6, 6.07) is 0.654. The van der Waals surface area contributed by atoms with Crippen molar-refractivity contribution >= 4 is 10.2 Å². The predicted molar refractivity (Wildman–Crippen MR) is 87.6 cm³/mol. The molecule has 126 valence electrons. The van der Waals surface area contributed by atoms with Crippen LogP contribution in [0.1, 0.15) is 33.1 Å². The minimum atomic E-state index is -3.37. The first-order chi connectivity index (χ1) is 9.78. The maximum absolute atomic E-state index is 12.6. The van der Waals surface area contributed by atoms with Gasteiger partial charge < -0.3 is 10.2 Å². The molecular weight excluding hydrogens is 288 g/mol. The van der Waals surface area contributed by atoms with E-state index in [-0.39, 0.29) is 6.04 Å². The molecule has 0 spiro atoms. The highest BCUT2D eigenvalue weighted by atomic mass is 32.2. The van der Waals surface area contributed by atoms with Gasteiger partial charge in [0.2, 0.25) is 0 Å². The van der Waals surface area contributed by atoms with Crippen molar-refractivity contribution in [1.29, 1.82) is 0 Å². The van der Waals surface area contributed by atoms with E-state index in [1.54, 1.807) is 11.4 Å². The summed E-state index contributed by atoms with van der Waals surface area (Å²) in [6.07, 6.45) is 3.38. The molecule has 21 heavy (non-hydrogen) atoms. The van der Waals surface area contributed by atoms with E-state index in [1.165, 1.54) is 17.1 Å². The van der Waals surface area contributed by atoms with Crippen LogP contribution in [-0.2, 0) is 10.2 Å². The summed E-state index contributed by atoms with van der Waals surface area (Å²) in [5, 5.41) is 3.41. The van der Waals surface area contributed by atoms with Crippen molar-refractivity contribution in [2.24, 2.45) is 0 Å². The zero-order valence-corrected chi connectivity index (χ0v) is 15.0. The van der Waals surface area contributed by atoms with Gasteiger partial charge in [-0.15, -0.1) is 0 Å². The quantitative estimate of drug-likeness (QED) is 0.566. The van der Waals surface area contributed by atoms with Crippen molar-refractivity contribution in [3.05, 3.63) is 0 Å². The fourth-order valence-electron chi connectivity index (χ4n) is 2.51. The number of hydrogen-bond acceptors (Lipinski definition) is 4. The Morgan fingerprint density at radius 2 is 1.86 bits per heavy atom. The van der Waals surface area contributed by atoms with Crippen LogP contribution in [0.25, 0.3) is 0 Å². The highest BCUT2D eigenvalue weighted by Crippen LogP contribution is 2.18. The van der Waals surface area contributed by atoms with Gasteiger partial charge in [0.1, 0.15) is 0 Å². The standard InChI is InChI=1S/C14H32N4O2S/c1-6-18(13(2)12-16(3)4)21(19,20)17(5)11-7-10-15-14-8-9-14/h13-15H,6-12H2,1-5H3. The second-order valence-electron chi connectivity index (χ2n) is 6.23. The minimum Gasteiger partial charge on any atom is -0.314 e. The van der Waals surface area contributed by atoms with Crippen molar-refractivity contribution in [3.63, 3.8) is 0 Å². The fourth-order valence-corrected chi connectivity index (χ4v) is 4.08. The molecule has 1 unspecified atom stereocenters. The van der Waals surface area contributed by atoms with Gasteiger partial charge in [-0.2, -0.15) is 17.0 Å². The van der Waals surface area contributed by atoms with Crippen molar-refractivity contribution < 1.29 is 8.42 Å². The number of hydrogen-bond donors (Lipinski definition) is 1. The molecule has 1 rings (SSSR count). The highest BCUT2D eigenvalue weighted by molar-refractivity contribution is 7.86. The SMILES string of the molecule is CCN(C(C)CN(C)C)S(=O)(=O)N(C)CCCNC1CC1. The monoisotopic (exact) mass is 320 g/mol. The Kier molecular flexibility index (Phi) is 7.56. The minimum absolute atomic E-state index is 0.0259. The molecule has 1 fully saturated rings. The van der Waals surface area contributed by atoms with Crippen LogP contribution in [0.4, 0.5) is 0 Å². The maximum atomic E-state index is 12.6. The third-order valence-electron chi connectivity index (χ3n) is 3.78. The smallest absolute Gasteiger partial charge is 0.282 e. The molecule has 0 amide bonds. The third kappa shape index (κ3) is 6.20. The molecule has 6 nitrogen and oxygen atoms in total. The summed E-state index contributed by atoms with van der Waals surface area (Å²) in [5.41, 5.74) is 0. The fraction of sp³-hybridized carbons (Fsp3) is 1.00. The molecule has 0 aliphatic heterocycles. The van der Waals surface area contributed by atoms with Crippen LogP contribution in [0.2, 0.25) is 0 Å². The van der Waals surface area contributed by atoms with Gasteiger partial charge in [-0.1, -0.05) is 6.92 Å². The van der Waals surface area contributed by atoms with Crippen LogP contribution in [-0.4, -0.2) is 81.3 Å². The first-order valence-corrected chi connectivity index (χ1v) is 9.30. The second-order valence-corrected chi connectivity index (χ2v) is 8.21. The van der Waals surface area contributed by atoms with Gasteiger partial charge >= 0.3 is 0 Å². The molecule has 7 heteroatoms. The molecule has 0 bridgehead atoms. The molecule has 0 saturated heterocycles. The summed E-state index contributed by atoms with van der Waals surface area (Å²) < 4.78 is 28.3. The molecule has 0 radical (unpaired) electrons. The zero-order valence-electron chi connectivity index (χ0n) is 14.2. The summed E-state index contributed by atoms with van der Waals surface area (Å²) in [6.45, 7) is 6.54. The lowest BCUT2D eigenvalue weighted by Crippen LogP contribution is -2.49. The Hall–Kier alpha value is -0.210. The number of likely N-dealkylation sites (N-methyl/N-ethyl adjacent to an activating group) is 2. The van der Waals surface area contributed by atoms with Crippen LogP contribution in [0.3, 0.4) is 0 Å². The first-order valence-electron chi connectivity index (χ1n) is 7.90. The molecular formula is C14H32N4O2S. The van der Waals surface area contributed by atoms with Gasteiger partial charge in [0.05, 0.1) is 0 Å². The molecule has 0 aromatic rings. The van der Waals surface area contributed by atoms with E-state index >= 15 is 0 Å². The van der Waals surface area contributed by atoms with Crippen LogP contribution < -0.4 is 5.32 Å². The van der Waals surface area contributed by atoms with Crippen molar-refractivity contribution in [1.82, 2.24) is 18.8 Å². The maximum Gasteiger partial charge on any atom is 0.282 e. The molecule has 0 aromatic heterocycles. The second kappa shape index (κ2) is 8.43. The Bertz CT molecular complexity index is 396. The molecule has 1 N–H and O–H groups in total. The van der Waals surface area contributed by atoms with Gasteiger partial charge in [-0.05, 0) is 46.8 Å². The Morgan fingerprint density at radius 1 is 1.24 bits per heavy atom. The topological polar surface area (TPSA) is 55.9 Å². The van der Waals surface area contributed by atoms with Crippen LogP contribution >= 0.6 is 0 Å². The molecule has 1 aliphatic rings. The van der Waals surface area contributed by atoms with E-state index in [0.29, 0.717) is 19.1 Å². The van der Waals surface area contributed by atoms with Crippen LogP contribution in [0, 0.1) is 0 Å². The number of nitrogens with one attached hydrogen (secondary N) is 1.